The van der Waals surface area contributed by atoms with Gasteiger partial charge in [0, 0.05) is 6.54 Å². The van der Waals surface area contributed by atoms with Crippen LogP contribution in [0, 0.1) is 0 Å². The predicted molar refractivity (Wildman–Crippen MR) is 37.4 cm³/mol. The van der Waals surface area contributed by atoms with Crippen molar-refractivity contribution in [2.45, 2.75) is 0 Å². The van der Waals surface area contributed by atoms with Crippen molar-refractivity contribution in [3.05, 3.63) is 12.7 Å². The molecule has 0 aliphatic carbocycles. The molecule has 0 aromatic carbocycles. The molecule has 4 heteroatoms. The van der Waals surface area contributed by atoms with Gasteiger partial charge in [0.1, 0.15) is 0 Å². The van der Waals surface area contributed by atoms with Crippen LogP contribution in [0.25, 0.3) is 0 Å². The number of halogens is 2. The van der Waals surface area contributed by atoms with Gasteiger partial charge in [-0.15, -0.1) is 31.4 Å². The SMILES string of the molecule is C=CCN.Cl.Cl.O. The molecule has 0 saturated carbocycles. The highest BCUT2D eigenvalue weighted by atomic mass is 35.5. The Bertz CT molecular complexity index is 26.9. The molecule has 0 aromatic heterocycles. The van der Waals surface area contributed by atoms with E-state index in [4.69, 9.17) is 5.73 Å². The van der Waals surface area contributed by atoms with Crippen LogP contribution in [0.1, 0.15) is 0 Å². The van der Waals surface area contributed by atoms with Gasteiger partial charge in [0.25, 0.3) is 0 Å². The smallest absolute Gasteiger partial charge is 0.0104 e. The van der Waals surface area contributed by atoms with E-state index in [2.05, 4.69) is 6.58 Å². The van der Waals surface area contributed by atoms with Gasteiger partial charge in [0.05, 0.1) is 0 Å². The Morgan fingerprint density at radius 3 is 1.57 bits per heavy atom. The first-order valence-corrected chi connectivity index (χ1v) is 1.22. The maximum Gasteiger partial charge on any atom is 0.0104 e. The van der Waals surface area contributed by atoms with E-state index in [9.17, 15) is 0 Å². The molecule has 0 aliphatic rings. The molecule has 0 aliphatic heterocycles. The van der Waals surface area contributed by atoms with E-state index in [1.807, 2.05) is 0 Å². The van der Waals surface area contributed by atoms with Gasteiger partial charge in [0.15, 0.2) is 0 Å². The lowest BCUT2D eigenvalue weighted by atomic mass is 10.7. The van der Waals surface area contributed by atoms with E-state index in [0.717, 1.165) is 0 Å². The lowest BCUT2D eigenvalue weighted by Gasteiger charge is -1.61. The maximum atomic E-state index is 4.91. The van der Waals surface area contributed by atoms with E-state index < -0.39 is 0 Å². The van der Waals surface area contributed by atoms with Crippen molar-refractivity contribution < 1.29 is 5.48 Å². The minimum absolute atomic E-state index is 0. The number of hydrogen-bond donors (Lipinski definition) is 1. The fraction of sp³-hybridized carbons (Fsp3) is 0.333. The highest BCUT2D eigenvalue weighted by Gasteiger charge is 1.43. The molecule has 0 amide bonds. The fourth-order valence-corrected chi connectivity index (χ4v) is 0. The van der Waals surface area contributed by atoms with Gasteiger partial charge >= 0.3 is 0 Å². The lowest BCUT2D eigenvalue weighted by Crippen LogP contribution is -1.90. The van der Waals surface area contributed by atoms with E-state index in [-0.39, 0.29) is 30.3 Å². The van der Waals surface area contributed by atoms with Crippen molar-refractivity contribution in [3.63, 3.8) is 0 Å². The Kier molecular flexibility index (Phi) is 131. The minimum Gasteiger partial charge on any atom is -0.412 e. The van der Waals surface area contributed by atoms with Crippen LogP contribution in [0.3, 0.4) is 0 Å². The van der Waals surface area contributed by atoms with Crippen LogP contribution in [0.4, 0.5) is 0 Å². The Hall–Kier alpha value is 0.240. The number of hydrogen-bond acceptors (Lipinski definition) is 1. The minimum atomic E-state index is 0. The summed E-state index contributed by atoms with van der Waals surface area (Å²) >= 11 is 0. The zero-order valence-electron chi connectivity index (χ0n) is 3.89. The topological polar surface area (TPSA) is 57.5 Å². The largest absolute Gasteiger partial charge is 0.412 e. The molecule has 0 heterocycles. The molecule has 0 unspecified atom stereocenters. The second kappa shape index (κ2) is 34.1. The average Bonchev–Trinajstić information content (AvgIpc) is 1.37. The van der Waals surface area contributed by atoms with Crippen LogP contribution in [0.15, 0.2) is 12.7 Å². The van der Waals surface area contributed by atoms with Crippen molar-refractivity contribution in [1.29, 1.82) is 0 Å². The number of nitrogens with two attached hydrogens (primary N) is 1. The Labute approximate surface area is 55.9 Å². The fourth-order valence-electron chi connectivity index (χ4n) is 0. The third-order valence-electron chi connectivity index (χ3n) is 0.167. The first kappa shape index (κ1) is 26.9. The molecule has 48 valence electrons. The summed E-state index contributed by atoms with van der Waals surface area (Å²) in [6.45, 7) is 3.94. The summed E-state index contributed by atoms with van der Waals surface area (Å²) < 4.78 is 0. The van der Waals surface area contributed by atoms with Crippen molar-refractivity contribution in [3.8, 4) is 0 Å². The molecular weight excluding hydrogens is 137 g/mol. The van der Waals surface area contributed by atoms with Gasteiger partial charge in [-0.1, -0.05) is 6.08 Å². The molecule has 0 aromatic rings. The van der Waals surface area contributed by atoms with Gasteiger partial charge < -0.3 is 11.2 Å². The zero-order chi connectivity index (χ0) is 3.41. The molecule has 0 saturated heterocycles. The Morgan fingerprint density at radius 1 is 1.43 bits per heavy atom. The van der Waals surface area contributed by atoms with Crippen molar-refractivity contribution >= 4 is 24.8 Å². The summed E-state index contributed by atoms with van der Waals surface area (Å²) in [6, 6.07) is 0. The van der Waals surface area contributed by atoms with Crippen LogP contribution in [0.5, 0.6) is 0 Å². The molecule has 4 N–H and O–H groups in total. The van der Waals surface area contributed by atoms with Crippen molar-refractivity contribution in [2.75, 3.05) is 6.54 Å². The molecule has 0 fully saturated rings. The first-order chi connectivity index (χ1) is 1.91. The van der Waals surface area contributed by atoms with Gasteiger partial charge in [0.2, 0.25) is 0 Å². The highest BCUT2D eigenvalue weighted by molar-refractivity contribution is 5.85. The van der Waals surface area contributed by atoms with Crippen LogP contribution in [-0.4, -0.2) is 12.0 Å². The lowest BCUT2D eigenvalue weighted by molar-refractivity contribution is 0.824. The van der Waals surface area contributed by atoms with E-state index in [1.165, 1.54) is 0 Å². The monoisotopic (exact) mass is 147 g/mol. The van der Waals surface area contributed by atoms with E-state index in [0.29, 0.717) is 6.54 Å². The van der Waals surface area contributed by atoms with E-state index >= 15 is 0 Å². The summed E-state index contributed by atoms with van der Waals surface area (Å²) in [5.41, 5.74) is 4.91. The molecular formula is C3H11Cl2NO. The summed E-state index contributed by atoms with van der Waals surface area (Å²) in [7, 11) is 0. The standard InChI is InChI=1S/C3H7N.2ClH.H2O/c1-2-3-4;;;/h2H,1,3-4H2;2*1H;1H2. The highest BCUT2D eigenvalue weighted by Crippen LogP contribution is 1.40. The number of rotatable bonds is 1. The molecule has 7 heavy (non-hydrogen) atoms. The van der Waals surface area contributed by atoms with Gasteiger partial charge in [-0.05, 0) is 0 Å². The second-order valence-electron chi connectivity index (χ2n) is 0.524. The third-order valence-corrected chi connectivity index (χ3v) is 0.167. The predicted octanol–water partition coefficient (Wildman–Crippen LogP) is 0.150. The summed E-state index contributed by atoms with van der Waals surface area (Å²) in [5, 5.41) is 0. The maximum absolute atomic E-state index is 4.91. The second-order valence-corrected chi connectivity index (χ2v) is 0.524. The summed E-state index contributed by atoms with van der Waals surface area (Å²) in [4.78, 5) is 0. The van der Waals surface area contributed by atoms with Crippen LogP contribution >= 0.6 is 24.8 Å². The van der Waals surface area contributed by atoms with Crippen LogP contribution in [0.2, 0.25) is 0 Å². The van der Waals surface area contributed by atoms with Crippen LogP contribution < -0.4 is 5.73 Å². The molecule has 2 nitrogen and oxygen atoms in total. The average molecular weight is 148 g/mol. The first-order valence-electron chi connectivity index (χ1n) is 1.22. The van der Waals surface area contributed by atoms with Crippen molar-refractivity contribution in [1.82, 2.24) is 0 Å². The third kappa shape index (κ3) is 73.0. The summed E-state index contributed by atoms with van der Waals surface area (Å²) in [5.74, 6) is 0. The normalized spacial score (nSPS) is 3.57. The van der Waals surface area contributed by atoms with Gasteiger partial charge in [-0.25, -0.2) is 0 Å². The zero-order valence-corrected chi connectivity index (χ0v) is 5.52. The van der Waals surface area contributed by atoms with Gasteiger partial charge in [-0.2, -0.15) is 0 Å². The Balaban J connectivity index is -0.0000000150. The van der Waals surface area contributed by atoms with Gasteiger partial charge in [-0.3, -0.25) is 0 Å². The van der Waals surface area contributed by atoms with E-state index in [1.54, 1.807) is 6.08 Å². The Morgan fingerprint density at radius 2 is 1.57 bits per heavy atom. The molecule has 0 bridgehead atoms. The quantitative estimate of drug-likeness (QED) is 0.528. The molecule has 0 atom stereocenters. The molecule has 0 spiro atoms. The van der Waals surface area contributed by atoms with Crippen LogP contribution in [-0.2, 0) is 0 Å². The molecule has 0 rings (SSSR count). The van der Waals surface area contributed by atoms with Crippen molar-refractivity contribution in [2.24, 2.45) is 5.73 Å². The summed E-state index contributed by atoms with van der Waals surface area (Å²) in [6.07, 6.45) is 1.65. The molecule has 0 radical (unpaired) electrons.